The van der Waals surface area contributed by atoms with E-state index >= 15 is 0 Å². The van der Waals surface area contributed by atoms with Crippen LogP contribution in [0.2, 0.25) is 0 Å². The standard InChI is InChI=1S/C19H15NO9S/c1-8-14(21)9(2)17(23)28-15(8)13-6-11-5-10(3-4-12(11)27-13)7-30(25,26)18-16(22)20-19(24)29-18/h3-6,21-22H,7H2,1-2H3,(H,20,24). The van der Waals surface area contributed by atoms with Gasteiger partial charge in [-0.25, -0.2) is 18.0 Å². The Hall–Kier alpha value is -3.73. The molecule has 0 aliphatic rings. The van der Waals surface area contributed by atoms with Gasteiger partial charge in [0, 0.05) is 10.9 Å². The summed E-state index contributed by atoms with van der Waals surface area (Å²) in [6, 6.07) is 6.09. The van der Waals surface area contributed by atoms with E-state index in [1.54, 1.807) is 13.0 Å². The van der Waals surface area contributed by atoms with Crippen molar-refractivity contribution < 1.29 is 31.9 Å². The highest BCUT2D eigenvalue weighted by Gasteiger charge is 2.26. The fourth-order valence-electron chi connectivity index (χ4n) is 3.06. The van der Waals surface area contributed by atoms with Crippen molar-refractivity contribution in [3.8, 4) is 23.1 Å². The second-order valence-corrected chi connectivity index (χ2v) is 8.60. The average molecular weight is 433 g/mol. The number of furan rings is 1. The van der Waals surface area contributed by atoms with Crippen LogP contribution in [0.4, 0.5) is 0 Å². The lowest BCUT2D eigenvalue weighted by Crippen LogP contribution is -2.05. The Balaban J connectivity index is 1.74. The SMILES string of the molecule is Cc1c(-c2cc3cc(CS(=O)(=O)c4oc(=O)[nH]c4O)ccc3o2)oc(=O)c(C)c1O. The van der Waals surface area contributed by atoms with Gasteiger partial charge in [0.15, 0.2) is 11.5 Å². The van der Waals surface area contributed by atoms with Crippen molar-refractivity contribution in [1.82, 2.24) is 4.98 Å². The third kappa shape index (κ3) is 3.18. The predicted octanol–water partition coefficient (Wildman–Crippen LogP) is 2.34. The normalized spacial score (nSPS) is 11.9. The topological polar surface area (TPSA) is 164 Å². The molecule has 4 aromatic rings. The summed E-state index contributed by atoms with van der Waals surface area (Å²) in [4.78, 5) is 24.8. The van der Waals surface area contributed by atoms with Crippen molar-refractivity contribution >= 4 is 20.8 Å². The number of benzene rings is 1. The fourth-order valence-corrected chi connectivity index (χ4v) is 4.36. The van der Waals surface area contributed by atoms with Gasteiger partial charge in [-0.3, -0.25) is 4.98 Å². The summed E-state index contributed by atoms with van der Waals surface area (Å²) in [5, 5.41) is 19.3. The molecule has 1 aromatic carbocycles. The van der Waals surface area contributed by atoms with Gasteiger partial charge in [-0.2, -0.15) is 0 Å². The van der Waals surface area contributed by atoms with E-state index in [0.717, 1.165) is 0 Å². The number of hydrogen-bond donors (Lipinski definition) is 3. The number of nitrogens with one attached hydrogen (secondary N) is 1. The van der Waals surface area contributed by atoms with Gasteiger partial charge >= 0.3 is 11.4 Å². The molecule has 0 aliphatic carbocycles. The van der Waals surface area contributed by atoms with E-state index in [1.807, 2.05) is 4.98 Å². The third-order valence-corrected chi connectivity index (χ3v) is 6.15. The highest BCUT2D eigenvalue weighted by Crippen LogP contribution is 2.34. The highest BCUT2D eigenvalue weighted by molar-refractivity contribution is 7.90. The first-order chi connectivity index (χ1) is 14.1. The lowest BCUT2D eigenvalue weighted by Gasteiger charge is -2.05. The molecule has 0 unspecified atom stereocenters. The lowest BCUT2D eigenvalue weighted by atomic mass is 10.1. The number of H-pyrrole nitrogens is 1. The Morgan fingerprint density at radius 1 is 1.00 bits per heavy atom. The summed E-state index contributed by atoms with van der Waals surface area (Å²) in [7, 11) is -4.13. The molecule has 0 spiro atoms. The third-order valence-electron chi connectivity index (χ3n) is 4.59. The number of sulfone groups is 1. The van der Waals surface area contributed by atoms with Crippen LogP contribution in [0.15, 0.2) is 52.2 Å². The van der Waals surface area contributed by atoms with Crippen molar-refractivity contribution in [3.05, 3.63) is 61.9 Å². The minimum Gasteiger partial charge on any atom is -0.507 e. The van der Waals surface area contributed by atoms with Gasteiger partial charge in [-0.1, -0.05) is 6.07 Å². The Morgan fingerprint density at radius 3 is 2.40 bits per heavy atom. The molecule has 0 radical (unpaired) electrons. The molecule has 3 heterocycles. The van der Waals surface area contributed by atoms with E-state index in [-0.39, 0.29) is 22.8 Å². The van der Waals surface area contributed by atoms with E-state index in [2.05, 4.69) is 4.42 Å². The molecule has 0 amide bonds. The molecule has 0 atom stereocenters. The summed E-state index contributed by atoms with van der Waals surface area (Å²) in [6.07, 6.45) is 0. The summed E-state index contributed by atoms with van der Waals surface area (Å²) < 4.78 is 40.3. The van der Waals surface area contributed by atoms with Crippen LogP contribution in [0.5, 0.6) is 11.6 Å². The van der Waals surface area contributed by atoms with Gasteiger partial charge in [-0.15, -0.1) is 0 Å². The number of aromatic hydroxyl groups is 2. The number of rotatable bonds is 4. The zero-order chi connectivity index (χ0) is 21.8. The molecular weight excluding hydrogens is 418 g/mol. The van der Waals surface area contributed by atoms with Gasteiger partial charge in [0.25, 0.3) is 11.0 Å². The lowest BCUT2D eigenvalue weighted by molar-refractivity contribution is 0.377. The molecule has 11 heteroatoms. The van der Waals surface area contributed by atoms with Gasteiger partial charge in [-0.05, 0) is 37.6 Å². The Bertz CT molecular complexity index is 1520. The molecule has 30 heavy (non-hydrogen) atoms. The minimum absolute atomic E-state index is 0.0625. The van der Waals surface area contributed by atoms with E-state index in [0.29, 0.717) is 22.1 Å². The second kappa shape index (κ2) is 6.66. The summed E-state index contributed by atoms with van der Waals surface area (Å²) in [5.74, 6) is -2.44. The monoisotopic (exact) mass is 433 g/mol. The fraction of sp³-hybridized carbons (Fsp3) is 0.158. The number of fused-ring (bicyclic) bond motifs is 1. The highest BCUT2D eigenvalue weighted by atomic mass is 32.2. The maximum Gasteiger partial charge on any atom is 0.420 e. The molecule has 0 aliphatic heterocycles. The van der Waals surface area contributed by atoms with Gasteiger partial charge in [0.1, 0.15) is 11.3 Å². The minimum atomic E-state index is -4.13. The first-order valence-electron chi connectivity index (χ1n) is 8.58. The van der Waals surface area contributed by atoms with Gasteiger partial charge in [0.05, 0.1) is 11.3 Å². The molecule has 0 saturated carbocycles. The van der Waals surface area contributed by atoms with Crippen LogP contribution in [-0.2, 0) is 15.6 Å². The smallest absolute Gasteiger partial charge is 0.420 e. The van der Waals surface area contributed by atoms with Crippen molar-refractivity contribution in [1.29, 1.82) is 0 Å². The summed E-state index contributed by atoms with van der Waals surface area (Å²) >= 11 is 0. The molecule has 0 saturated heterocycles. The zero-order valence-electron chi connectivity index (χ0n) is 15.7. The Morgan fingerprint density at radius 2 is 1.73 bits per heavy atom. The van der Waals surface area contributed by atoms with Gasteiger partial charge < -0.3 is 23.5 Å². The van der Waals surface area contributed by atoms with Crippen LogP contribution in [-0.4, -0.2) is 23.6 Å². The molecule has 3 N–H and O–H groups in total. The second-order valence-electron chi connectivity index (χ2n) is 6.71. The van der Waals surface area contributed by atoms with Crippen LogP contribution in [0.1, 0.15) is 16.7 Å². The number of oxazole rings is 1. The maximum atomic E-state index is 12.4. The number of aromatic nitrogens is 1. The average Bonchev–Trinajstić information content (AvgIpc) is 3.25. The van der Waals surface area contributed by atoms with E-state index in [1.165, 1.54) is 25.1 Å². The zero-order valence-corrected chi connectivity index (χ0v) is 16.5. The molecule has 0 bridgehead atoms. The molecule has 3 aromatic heterocycles. The molecule has 0 fully saturated rings. The van der Waals surface area contributed by atoms with Crippen molar-refractivity contribution in [2.24, 2.45) is 0 Å². The summed E-state index contributed by atoms with van der Waals surface area (Å²) in [5.41, 5.74) is 0.437. The van der Waals surface area contributed by atoms with Crippen molar-refractivity contribution in [2.75, 3.05) is 0 Å². The van der Waals surface area contributed by atoms with E-state index in [4.69, 9.17) is 8.83 Å². The maximum absolute atomic E-state index is 12.4. The largest absolute Gasteiger partial charge is 0.507 e. The van der Waals surface area contributed by atoms with Crippen LogP contribution in [0, 0.1) is 13.8 Å². The quantitative estimate of drug-likeness (QED) is 0.438. The van der Waals surface area contributed by atoms with Crippen molar-refractivity contribution in [2.45, 2.75) is 24.7 Å². The Labute approximate surface area is 167 Å². The first-order valence-corrected chi connectivity index (χ1v) is 10.2. The summed E-state index contributed by atoms with van der Waals surface area (Å²) in [6.45, 7) is 3.01. The molecule has 156 valence electrons. The molecule has 4 rings (SSSR count). The van der Waals surface area contributed by atoms with Crippen LogP contribution < -0.4 is 11.4 Å². The van der Waals surface area contributed by atoms with E-state index in [9.17, 15) is 28.2 Å². The predicted molar refractivity (Wildman–Crippen MR) is 103 cm³/mol. The first kappa shape index (κ1) is 19.6. The van der Waals surface area contributed by atoms with Crippen LogP contribution in [0.3, 0.4) is 0 Å². The van der Waals surface area contributed by atoms with Gasteiger partial charge in [0.2, 0.25) is 9.84 Å². The van der Waals surface area contributed by atoms with E-state index < -0.39 is 37.9 Å². The Kier molecular flexibility index (Phi) is 4.35. The van der Waals surface area contributed by atoms with Crippen molar-refractivity contribution in [3.63, 3.8) is 0 Å². The molecular formula is C19H15NO9S. The molecule has 10 nitrogen and oxygen atoms in total. The van der Waals surface area contributed by atoms with Crippen LogP contribution in [0.25, 0.3) is 22.5 Å². The number of aromatic amines is 1. The number of hydrogen-bond acceptors (Lipinski definition) is 9. The van der Waals surface area contributed by atoms with Crippen LogP contribution >= 0.6 is 0 Å².